The maximum Gasteiger partial charge on any atom is 0.188 e. The Labute approximate surface area is 138 Å². The summed E-state index contributed by atoms with van der Waals surface area (Å²) in [5.41, 5.74) is 4.82. The smallest absolute Gasteiger partial charge is 0.188 e. The minimum Gasteiger partial charge on any atom is -0.499 e. The summed E-state index contributed by atoms with van der Waals surface area (Å²) in [6, 6.07) is 4.63. The average Bonchev–Trinajstić information content (AvgIpc) is 2.91. The van der Waals surface area contributed by atoms with Crippen LogP contribution in [-0.4, -0.2) is 40.7 Å². The first kappa shape index (κ1) is 15.8. The Hall–Kier alpha value is -1.13. The van der Waals surface area contributed by atoms with Crippen molar-refractivity contribution >= 4 is 23.0 Å². The van der Waals surface area contributed by atoms with Crippen LogP contribution in [0.15, 0.2) is 12.1 Å². The molecule has 0 saturated heterocycles. The minimum atomic E-state index is 0.0432. The molecule has 2 aliphatic rings. The van der Waals surface area contributed by atoms with E-state index in [4.69, 9.17) is 12.2 Å². The van der Waals surface area contributed by atoms with Crippen LogP contribution in [-0.2, 0) is 6.42 Å². The van der Waals surface area contributed by atoms with Crippen LogP contribution in [0.25, 0.3) is 0 Å². The van der Waals surface area contributed by atoms with E-state index >= 15 is 0 Å². The maximum atomic E-state index is 9.91. The fraction of sp³-hybridized carbons (Fsp3) is 0.611. The third-order valence-electron chi connectivity index (χ3n) is 5.07. The Bertz CT molecular complexity index is 566. The van der Waals surface area contributed by atoms with Crippen LogP contribution >= 0.6 is 12.2 Å². The van der Waals surface area contributed by atoms with E-state index in [1.165, 1.54) is 36.1 Å². The van der Waals surface area contributed by atoms with Crippen LogP contribution < -0.4 is 5.32 Å². The van der Waals surface area contributed by atoms with E-state index < -0.39 is 0 Å². The Morgan fingerprint density at radius 3 is 2.68 bits per heavy atom. The lowest BCUT2D eigenvalue weighted by atomic mass is 9.78. The summed E-state index contributed by atoms with van der Waals surface area (Å²) < 4.78 is 0. The third kappa shape index (κ3) is 2.74. The molecular formula is C18H26N2OS. The van der Waals surface area contributed by atoms with Crippen LogP contribution in [0.1, 0.15) is 55.7 Å². The summed E-state index contributed by atoms with van der Waals surface area (Å²) in [6.07, 6.45) is 4.61. The molecule has 1 heterocycles. The number of aliphatic hydroxyl groups is 1. The first-order chi connectivity index (χ1) is 10.7. The lowest BCUT2D eigenvalue weighted by molar-refractivity contribution is 0.172. The van der Waals surface area contributed by atoms with E-state index in [-0.39, 0.29) is 5.05 Å². The molecule has 2 unspecified atom stereocenters. The molecule has 2 atom stereocenters. The van der Waals surface area contributed by atoms with E-state index in [1.54, 1.807) is 0 Å². The van der Waals surface area contributed by atoms with Gasteiger partial charge in [0.1, 0.15) is 0 Å². The first-order valence-electron chi connectivity index (χ1n) is 8.52. The van der Waals surface area contributed by atoms with Crippen molar-refractivity contribution in [2.45, 2.75) is 51.5 Å². The van der Waals surface area contributed by atoms with Gasteiger partial charge in [-0.25, -0.2) is 0 Å². The van der Waals surface area contributed by atoms with Crippen molar-refractivity contribution in [2.75, 3.05) is 25.0 Å². The summed E-state index contributed by atoms with van der Waals surface area (Å²) in [5.74, 6) is 0.564. The molecule has 1 aromatic rings. The molecule has 2 N–H and O–H groups in total. The summed E-state index contributed by atoms with van der Waals surface area (Å²) in [7, 11) is 0. The van der Waals surface area contributed by atoms with Gasteiger partial charge >= 0.3 is 0 Å². The van der Waals surface area contributed by atoms with Crippen molar-refractivity contribution in [3.63, 3.8) is 0 Å². The predicted octanol–water partition coefficient (Wildman–Crippen LogP) is 3.87. The number of anilines is 1. The van der Waals surface area contributed by atoms with Crippen LogP contribution in [0.3, 0.4) is 0 Å². The lowest BCUT2D eigenvalue weighted by Crippen LogP contribution is -2.41. The van der Waals surface area contributed by atoms with Gasteiger partial charge in [0.25, 0.3) is 0 Å². The molecule has 120 valence electrons. The molecule has 0 spiro atoms. The topological polar surface area (TPSA) is 35.5 Å². The van der Waals surface area contributed by atoms with Crippen molar-refractivity contribution in [1.29, 1.82) is 0 Å². The van der Waals surface area contributed by atoms with Crippen molar-refractivity contribution in [3.05, 3.63) is 28.8 Å². The highest BCUT2D eigenvalue weighted by Gasteiger charge is 2.36. The van der Waals surface area contributed by atoms with Crippen molar-refractivity contribution in [3.8, 4) is 0 Å². The van der Waals surface area contributed by atoms with Crippen LogP contribution in [0.2, 0.25) is 0 Å². The summed E-state index contributed by atoms with van der Waals surface area (Å²) in [4.78, 5) is 2.64. The number of hydrogen-bond acceptors (Lipinski definition) is 3. The summed E-state index contributed by atoms with van der Waals surface area (Å²) in [6.45, 7) is 7.84. The van der Waals surface area contributed by atoms with Crippen LogP contribution in [0, 0.1) is 0 Å². The van der Waals surface area contributed by atoms with Crippen molar-refractivity contribution in [2.24, 2.45) is 0 Å². The van der Waals surface area contributed by atoms with E-state index in [9.17, 15) is 5.11 Å². The zero-order valence-corrected chi connectivity index (χ0v) is 14.4. The zero-order valence-electron chi connectivity index (χ0n) is 13.6. The van der Waals surface area contributed by atoms with E-state index in [0.717, 1.165) is 31.6 Å². The molecule has 0 bridgehead atoms. The Morgan fingerprint density at radius 1 is 1.32 bits per heavy atom. The normalized spacial score (nSPS) is 22.5. The quantitative estimate of drug-likeness (QED) is 0.781. The fourth-order valence-corrected chi connectivity index (χ4v) is 4.41. The number of rotatable bonds is 6. The number of thiocarbonyl (C=S) groups is 1. The first-order valence-corrected chi connectivity index (χ1v) is 8.93. The molecular weight excluding hydrogens is 292 g/mol. The molecule has 3 nitrogen and oxygen atoms in total. The molecule has 1 aromatic carbocycles. The molecule has 3 rings (SSSR count). The summed E-state index contributed by atoms with van der Waals surface area (Å²) >= 11 is 5.08. The van der Waals surface area contributed by atoms with Gasteiger partial charge in [0.05, 0.1) is 0 Å². The summed E-state index contributed by atoms with van der Waals surface area (Å²) in [5, 5.41) is 13.5. The second kappa shape index (κ2) is 6.55. The second-order valence-electron chi connectivity index (χ2n) is 6.57. The van der Waals surface area contributed by atoms with E-state index in [1.807, 2.05) is 6.07 Å². The standard InChI is InChI=1S/C18H26N2OS/c1-3-7-20(8-4-2)13-9-12-11-19-16-6-5-14(18(21)22)15(10-13)17(12)16/h5-6,12-13,19H,3-4,7-11H2,1-2H3,(H,21,22). The van der Waals surface area contributed by atoms with Crippen molar-refractivity contribution < 1.29 is 5.11 Å². The van der Waals surface area contributed by atoms with Gasteiger partial charge in [-0.1, -0.05) is 13.8 Å². The van der Waals surface area contributed by atoms with Gasteiger partial charge < -0.3 is 15.3 Å². The molecule has 22 heavy (non-hydrogen) atoms. The average molecular weight is 318 g/mol. The predicted molar refractivity (Wildman–Crippen MR) is 96.3 cm³/mol. The van der Waals surface area contributed by atoms with Gasteiger partial charge in [0.2, 0.25) is 0 Å². The highest BCUT2D eigenvalue weighted by Crippen LogP contribution is 2.43. The molecule has 0 aromatic heterocycles. The highest BCUT2D eigenvalue weighted by molar-refractivity contribution is 7.80. The number of benzene rings is 1. The number of aliphatic hydroxyl groups excluding tert-OH is 1. The Morgan fingerprint density at radius 2 is 2.05 bits per heavy atom. The van der Waals surface area contributed by atoms with Crippen LogP contribution in [0.5, 0.6) is 0 Å². The highest BCUT2D eigenvalue weighted by atomic mass is 32.1. The van der Waals surface area contributed by atoms with Gasteiger partial charge in [-0.05, 0) is 74.3 Å². The monoisotopic (exact) mass is 318 g/mol. The maximum absolute atomic E-state index is 9.91. The van der Waals surface area contributed by atoms with Gasteiger partial charge in [-0.3, -0.25) is 0 Å². The van der Waals surface area contributed by atoms with E-state index in [0.29, 0.717) is 12.0 Å². The minimum absolute atomic E-state index is 0.0432. The molecule has 0 radical (unpaired) electrons. The van der Waals surface area contributed by atoms with Crippen molar-refractivity contribution in [1.82, 2.24) is 4.90 Å². The van der Waals surface area contributed by atoms with Gasteiger partial charge in [0.15, 0.2) is 5.05 Å². The molecule has 1 aliphatic carbocycles. The molecule has 1 aliphatic heterocycles. The number of hydrogen-bond donors (Lipinski definition) is 2. The Balaban J connectivity index is 1.95. The lowest BCUT2D eigenvalue weighted by Gasteiger charge is -2.37. The molecule has 0 saturated carbocycles. The largest absolute Gasteiger partial charge is 0.499 e. The third-order valence-corrected chi connectivity index (χ3v) is 5.29. The molecule has 4 heteroatoms. The SMILES string of the molecule is CCCN(CCC)C1Cc2c(C(O)=S)ccc3c2C(CN3)C1. The Kier molecular flexibility index (Phi) is 4.69. The zero-order chi connectivity index (χ0) is 15.7. The number of nitrogens with one attached hydrogen (secondary N) is 1. The number of nitrogens with zero attached hydrogens (tertiary/aromatic N) is 1. The second-order valence-corrected chi connectivity index (χ2v) is 6.95. The molecule has 0 fully saturated rings. The van der Waals surface area contributed by atoms with Gasteiger partial charge in [-0.15, -0.1) is 0 Å². The fourth-order valence-electron chi connectivity index (χ4n) is 4.22. The van der Waals surface area contributed by atoms with E-state index in [2.05, 4.69) is 30.1 Å². The van der Waals surface area contributed by atoms with Gasteiger partial charge in [0, 0.05) is 29.8 Å². The van der Waals surface area contributed by atoms with Crippen LogP contribution in [0.4, 0.5) is 5.69 Å². The van der Waals surface area contributed by atoms with Gasteiger partial charge in [-0.2, -0.15) is 0 Å². The molecule has 0 amide bonds.